The molecule has 5 heteroatoms. The van der Waals surface area contributed by atoms with Crippen LogP contribution in [-0.2, 0) is 4.79 Å². The number of nitrogens with zero attached hydrogens (tertiary/aromatic N) is 1. The van der Waals surface area contributed by atoms with Gasteiger partial charge in [-0.1, -0.05) is 6.92 Å². The highest BCUT2D eigenvalue weighted by molar-refractivity contribution is 5.96. The Morgan fingerprint density at radius 2 is 2.00 bits per heavy atom. The fourth-order valence-corrected chi connectivity index (χ4v) is 1.95. The Balaban J connectivity index is 3.20. The molecule has 0 spiro atoms. The van der Waals surface area contributed by atoms with Gasteiger partial charge in [0.2, 0.25) is 5.91 Å². The van der Waals surface area contributed by atoms with Crippen molar-refractivity contribution in [2.75, 3.05) is 32.7 Å². The Bertz CT molecular complexity index is 460. The van der Waals surface area contributed by atoms with Gasteiger partial charge in [0.05, 0.1) is 19.9 Å². The van der Waals surface area contributed by atoms with Crippen molar-refractivity contribution in [3.63, 3.8) is 0 Å². The van der Waals surface area contributed by atoms with Gasteiger partial charge >= 0.3 is 0 Å². The molecule has 1 unspecified atom stereocenters. The van der Waals surface area contributed by atoms with Crippen LogP contribution in [0.5, 0.6) is 11.5 Å². The molecular weight excluding hydrogens is 244 g/mol. The lowest BCUT2D eigenvalue weighted by Crippen LogP contribution is -2.35. The van der Waals surface area contributed by atoms with Gasteiger partial charge in [0, 0.05) is 25.1 Å². The molecule has 1 amide bonds. The summed E-state index contributed by atoms with van der Waals surface area (Å²) >= 11 is 0. The van der Waals surface area contributed by atoms with Crippen LogP contribution in [0.1, 0.15) is 12.5 Å². The van der Waals surface area contributed by atoms with Gasteiger partial charge in [0.1, 0.15) is 11.5 Å². The van der Waals surface area contributed by atoms with Crippen LogP contribution in [0, 0.1) is 12.8 Å². The molecule has 106 valence electrons. The maximum Gasteiger partial charge on any atom is 0.230 e. The number of anilines is 1. The summed E-state index contributed by atoms with van der Waals surface area (Å²) in [6, 6.07) is 3.63. The molecule has 1 aromatic rings. The van der Waals surface area contributed by atoms with Crippen LogP contribution in [0.25, 0.3) is 0 Å². The molecule has 0 radical (unpaired) electrons. The summed E-state index contributed by atoms with van der Waals surface area (Å²) in [5.74, 6) is 1.11. The molecule has 0 aliphatic heterocycles. The summed E-state index contributed by atoms with van der Waals surface area (Å²) in [5, 5.41) is 0. The highest BCUT2D eigenvalue weighted by Crippen LogP contribution is 2.37. The zero-order chi connectivity index (χ0) is 14.6. The molecule has 0 saturated carbocycles. The smallest absolute Gasteiger partial charge is 0.230 e. The first kappa shape index (κ1) is 15.3. The molecule has 1 atom stereocenters. The van der Waals surface area contributed by atoms with Crippen molar-refractivity contribution in [1.29, 1.82) is 0 Å². The largest absolute Gasteiger partial charge is 0.496 e. The van der Waals surface area contributed by atoms with Crippen LogP contribution in [0.15, 0.2) is 12.1 Å². The van der Waals surface area contributed by atoms with Crippen LogP contribution < -0.4 is 20.1 Å². The van der Waals surface area contributed by atoms with E-state index in [9.17, 15) is 4.79 Å². The van der Waals surface area contributed by atoms with E-state index in [1.54, 1.807) is 26.2 Å². The van der Waals surface area contributed by atoms with E-state index in [0.29, 0.717) is 18.0 Å². The van der Waals surface area contributed by atoms with Crippen LogP contribution in [0.3, 0.4) is 0 Å². The minimum Gasteiger partial charge on any atom is -0.496 e. The van der Waals surface area contributed by atoms with Crippen molar-refractivity contribution in [2.45, 2.75) is 13.8 Å². The van der Waals surface area contributed by atoms with Gasteiger partial charge in [-0.3, -0.25) is 4.79 Å². The molecule has 0 fully saturated rings. The van der Waals surface area contributed by atoms with Gasteiger partial charge in [-0.05, 0) is 19.1 Å². The first-order chi connectivity index (χ1) is 8.97. The van der Waals surface area contributed by atoms with Crippen molar-refractivity contribution in [2.24, 2.45) is 11.7 Å². The molecule has 5 nitrogen and oxygen atoms in total. The number of carbonyl (C=O) groups excluding carboxylic acids is 1. The number of ether oxygens (including phenoxy) is 2. The number of hydrogen-bond donors (Lipinski definition) is 1. The fraction of sp³-hybridized carbons (Fsp3) is 0.500. The van der Waals surface area contributed by atoms with Crippen molar-refractivity contribution in [3.05, 3.63) is 17.7 Å². The lowest BCUT2D eigenvalue weighted by atomic mass is 10.1. The number of methoxy groups -OCH3 is 2. The molecule has 0 saturated heterocycles. The van der Waals surface area contributed by atoms with Crippen LogP contribution in [-0.4, -0.2) is 33.7 Å². The average molecular weight is 266 g/mol. The Kier molecular flexibility index (Phi) is 5.18. The second kappa shape index (κ2) is 6.43. The maximum atomic E-state index is 12.2. The molecule has 0 aromatic heterocycles. The summed E-state index contributed by atoms with van der Waals surface area (Å²) in [5.41, 5.74) is 7.11. The zero-order valence-corrected chi connectivity index (χ0v) is 12.2. The van der Waals surface area contributed by atoms with Crippen LogP contribution in [0.4, 0.5) is 5.69 Å². The summed E-state index contributed by atoms with van der Waals surface area (Å²) in [7, 11) is 4.90. The minimum atomic E-state index is -0.225. The molecule has 2 N–H and O–H groups in total. The van der Waals surface area contributed by atoms with Crippen LogP contribution >= 0.6 is 0 Å². The average Bonchev–Trinajstić information content (AvgIpc) is 2.44. The lowest BCUT2D eigenvalue weighted by Gasteiger charge is -2.24. The number of carbonyl (C=O) groups is 1. The van der Waals surface area contributed by atoms with Gasteiger partial charge < -0.3 is 20.1 Å². The van der Waals surface area contributed by atoms with Gasteiger partial charge in [0.15, 0.2) is 0 Å². The third-order valence-electron chi connectivity index (χ3n) is 3.23. The Hall–Kier alpha value is -1.75. The standard InChI is InChI=1S/C14H22N2O3/c1-9(8-15)14(17)16(3)11-6-7-12(18-4)10(2)13(11)19-5/h6-7,9H,8,15H2,1-5H3. The molecule has 0 heterocycles. The van der Waals surface area contributed by atoms with Crippen LogP contribution in [0.2, 0.25) is 0 Å². The summed E-state index contributed by atoms with van der Waals surface area (Å²) in [4.78, 5) is 13.7. The van der Waals surface area contributed by atoms with E-state index in [-0.39, 0.29) is 11.8 Å². The second-order valence-corrected chi connectivity index (χ2v) is 4.48. The SMILES string of the molecule is COc1ccc(N(C)C(=O)C(C)CN)c(OC)c1C. The number of benzene rings is 1. The third-order valence-corrected chi connectivity index (χ3v) is 3.23. The molecular formula is C14H22N2O3. The third kappa shape index (κ3) is 2.98. The minimum absolute atomic E-state index is 0.0367. The molecule has 1 rings (SSSR count). The first-order valence-electron chi connectivity index (χ1n) is 6.17. The van der Waals surface area contributed by atoms with E-state index in [2.05, 4.69) is 0 Å². The van der Waals surface area contributed by atoms with E-state index >= 15 is 0 Å². The molecule has 1 aromatic carbocycles. The van der Waals surface area contributed by atoms with E-state index in [4.69, 9.17) is 15.2 Å². The quantitative estimate of drug-likeness (QED) is 0.878. The van der Waals surface area contributed by atoms with Crippen molar-refractivity contribution >= 4 is 11.6 Å². The summed E-state index contributed by atoms with van der Waals surface area (Å²) in [6.07, 6.45) is 0. The number of rotatable bonds is 5. The Morgan fingerprint density at radius 1 is 1.37 bits per heavy atom. The van der Waals surface area contributed by atoms with Gasteiger partial charge in [-0.25, -0.2) is 0 Å². The maximum absolute atomic E-state index is 12.2. The predicted octanol–water partition coefficient (Wildman–Crippen LogP) is 1.57. The first-order valence-corrected chi connectivity index (χ1v) is 6.17. The van der Waals surface area contributed by atoms with Crippen molar-refractivity contribution in [3.8, 4) is 11.5 Å². The van der Waals surface area contributed by atoms with Crippen molar-refractivity contribution < 1.29 is 14.3 Å². The number of amides is 1. The van der Waals surface area contributed by atoms with E-state index < -0.39 is 0 Å². The summed E-state index contributed by atoms with van der Waals surface area (Å²) < 4.78 is 10.6. The molecule has 0 bridgehead atoms. The van der Waals surface area contributed by atoms with Gasteiger partial charge in [0.25, 0.3) is 0 Å². The van der Waals surface area contributed by atoms with Crippen molar-refractivity contribution in [1.82, 2.24) is 0 Å². The number of nitrogens with two attached hydrogens (primary N) is 1. The second-order valence-electron chi connectivity index (χ2n) is 4.48. The van der Waals surface area contributed by atoms with Gasteiger partial charge in [-0.2, -0.15) is 0 Å². The zero-order valence-electron chi connectivity index (χ0n) is 12.2. The highest BCUT2D eigenvalue weighted by atomic mass is 16.5. The normalized spacial score (nSPS) is 11.9. The molecule has 19 heavy (non-hydrogen) atoms. The predicted molar refractivity (Wildman–Crippen MR) is 75.9 cm³/mol. The van der Waals surface area contributed by atoms with E-state index in [1.807, 2.05) is 26.0 Å². The van der Waals surface area contributed by atoms with E-state index in [1.165, 1.54) is 0 Å². The highest BCUT2D eigenvalue weighted by Gasteiger charge is 2.22. The molecule has 0 aliphatic carbocycles. The lowest BCUT2D eigenvalue weighted by molar-refractivity contribution is -0.121. The molecule has 0 aliphatic rings. The Morgan fingerprint density at radius 3 is 2.47 bits per heavy atom. The number of hydrogen-bond acceptors (Lipinski definition) is 4. The van der Waals surface area contributed by atoms with Gasteiger partial charge in [-0.15, -0.1) is 0 Å². The fourth-order valence-electron chi connectivity index (χ4n) is 1.95. The monoisotopic (exact) mass is 266 g/mol. The summed E-state index contributed by atoms with van der Waals surface area (Å²) in [6.45, 7) is 4.02. The topological polar surface area (TPSA) is 64.8 Å². The Labute approximate surface area is 114 Å². The van der Waals surface area contributed by atoms with E-state index in [0.717, 1.165) is 11.3 Å².